The third-order valence-electron chi connectivity index (χ3n) is 0.527. The van der Waals surface area contributed by atoms with Gasteiger partial charge < -0.3 is 9.59 Å². The summed E-state index contributed by atoms with van der Waals surface area (Å²) in [5.74, 6) is 0. The van der Waals surface area contributed by atoms with E-state index in [0.717, 1.165) is 4.48 Å². The van der Waals surface area contributed by atoms with Crippen LogP contribution >= 0.6 is 0 Å². The van der Waals surface area contributed by atoms with Crippen LogP contribution in [0.4, 0.5) is 4.39 Å². The molecule has 0 aromatic heterocycles. The van der Waals surface area contributed by atoms with Gasteiger partial charge in [0.25, 0.3) is 0 Å². The molecule has 0 aliphatic rings. The van der Waals surface area contributed by atoms with Gasteiger partial charge in [-0.3, -0.25) is 0 Å². The second kappa shape index (κ2) is 6.55. The first-order valence-corrected chi connectivity index (χ1v) is 3.88. The van der Waals surface area contributed by atoms with Crippen LogP contribution in [-0.4, -0.2) is 44.1 Å². The minimum absolute atomic E-state index is 0.264. The molecule has 0 amide bonds. The molecule has 0 aliphatic carbocycles. The highest BCUT2D eigenvalue weighted by atomic mass is 19.1. The molecule has 1 N–H and O–H groups in total. The topological polar surface area (TPSA) is 20.2 Å². The summed E-state index contributed by atoms with van der Waals surface area (Å²) in [5.41, 5.74) is 0. The van der Waals surface area contributed by atoms with E-state index in [9.17, 15) is 4.39 Å². The van der Waals surface area contributed by atoms with Crippen molar-refractivity contribution in [1.29, 1.82) is 0 Å². The van der Waals surface area contributed by atoms with Gasteiger partial charge in [0, 0.05) is 6.42 Å². The number of aliphatic hydroxyl groups excluding tert-OH is 1. The first kappa shape index (κ1) is 13.4. The number of alkyl halides is 1. The second-order valence-electron chi connectivity index (χ2n) is 3.91. The van der Waals surface area contributed by atoms with Crippen LogP contribution < -0.4 is 0 Å². The van der Waals surface area contributed by atoms with Gasteiger partial charge in [-0.2, -0.15) is 0 Å². The van der Waals surface area contributed by atoms with Crippen molar-refractivity contribution in [1.82, 2.24) is 0 Å². The molecule has 0 radical (unpaired) electrons. The number of nitrogens with zero attached hydrogens (tertiary/aromatic N) is 1. The molecule has 1 unspecified atom stereocenters. The molecule has 0 saturated carbocycles. The summed E-state index contributed by atoms with van der Waals surface area (Å²) in [6, 6.07) is 0. The van der Waals surface area contributed by atoms with Crippen molar-refractivity contribution >= 4 is 0 Å². The second-order valence-corrected chi connectivity index (χ2v) is 3.91. The van der Waals surface area contributed by atoms with Gasteiger partial charge in [0.05, 0.1) is 28.2 Å². The fraction of sp³-hybridized carbons (Fsp3) is 1.00. The van der Waals surface area contributed by atoms with Crippen LogP contribution in [0.5, 0.6) is 0 Å². The fourth-order valence-electron chi connectivity index (χ4n) is 0.238. The third kappa shape index (κ3) is 74.7. The van der Waals surface area contributed by atoms with E-state index >= 15 is 0 Å². The quantitative estimate of drug-likeness (QED) is 0.615. The molecule has 70 valence electrons. The monoisotopic (exact) mass is 166 g/mol. The molecule has 0 aliphatic heterocycles. The van der Waals surface area contributed by atoms with Crippen molar-refractivity contribution in [2.75, 3.05) is 28.2 Å². The largest absolute Gasteiger partial charge is 0.364 e. The summed E-state index contributed by atoms with van der Waals surface area (Å²) < 4.78 is 12.3. The molecule has 0 heterocycles. The molecule has 0 rings (SSSR count). The first-order valence-electron chi connectivity index (χ1n) is 3.88. The SMILES string of the molecule is CCCC(O)F.C[N+](C)(C)C. The number of hydrogen-bond acceptors (Lipinski definition) is 1. The maximum atomic E-state index is 11.3. The van der Waals surface area contributed by atoms with Crippen LogP contribution in [0.15, 0.2) is 0 Å². The number of quaternary nitrogens is 1. The van der Waals surface area contributed by atoms with Crippen molar-refractivity contribution in [3.05, 3.63) is 0 Å². The Bertz CT molecular complexity index is 72.7. The molecule has 0 bridgehead atoms. The number of rotatable bonds is 2. The summed E-state index contributed by atoms with van der Waals surface area (Å²) in [7, 11) is 8.50. The highest BCUT2D eigenvalue weighted by Gasteiger charge is 1.92. The number of aliphatic hydroxyl groups is 1. The standard InChI is InChI=1S/C4H9FO.C4H12N/c1-2-3-4(5)6;1-5(2,3)4/h4,6H,2-3H2,1H3;1-4H3/q;+1. The summed E-state index contributed by atoms with van der Waals surface area (Å²) in [4.78, 5) is 0. The van der Waals surface area contributed by atoms with E-state index in [1.165, 1.54) is 0 Å². The van der Waals surface area contributed by atoms with Crippen molar-refractivity contribution in [3.63, 3.8) is 0 Å². The van der Waals surface area contributed by atoms with Crippen molar-refractivity contribution in [3.8, 4) is 0 Å². The Balaban J connectivity index is 0. The maximum absolute atomic E-state index is 11.3. The smallest absolute Gasteiger partial charge is 0.196 e. The van der Waals surface area contributed by atoms with Gasteiger partial charge in [0.2, 0.25) is 0 Å². The molecule has 0 saturated heterocycles. The predicted octanol–water partition coefficient (Wildman–Crippen LogP) is 1.40. The summed E-state index contributed by atoms with van der Waals surface area (Å²) in [6.07, 6.45) is -0.632. The zero-order valence-electron chi connectivity index (χ0n) is 8.26. The van der Waals surface area contributed by atoms with Crippen molar-refractivity contribution < 1.29 is 14.0 Å². The molecule has 0 spiro atoms. The summed E-state index contributed by atoms with van der Waals surface area (Å²) in [6.45, 7) is 1.82. The third-order valence-corrected chi connectivity index (χ3v) is 0.527. The van der Waals surface area contributed by atoms with Crippen molar-refractivity contribution in [2.24, 2.45) is 0 Å². The molecule has 11 heavy (non-hydrogen) atoms. The molecular weight excluding hydrogens is 145 g/mol. The van der Waals surface area contributed by atoms with Crippen LogP contribution in [-0.2, 0) is 0 Å². The lowest BCUT2D eigenvalue weighted by Crippen LogP contribution is -2.27. The zero-order valence-corrected chi connectivity index (χ0v) is 8.26. The highest BCUT2D eigenvalue weighted by molar-refractivity contribution is 4.32. The van der Waals surface area contributed by atoms with Crippen LogP contribution in [0.3, 0.4) is 0 Å². The number of hydrogen-bond donors (Lipinski definition) is 1. The highest BCUT2D eigenvalue weighted by Crippen LogP contribution is 1.94. The fourth-order valence-corrected chi connectivity index (χ4v) is 0.238. The Labute approximate surface area is 69.2 Å². The van der Waals surface area contributed by atoms with Gasteiger partial charge in [-0.25, -0.2) is 4.39 Å². The van der Waals surface area contributed by atoms with E-state index < -0.39 is 6.36 Å². The van der Waals surface area contributed by atoms with E-state index in [2.05, 4.69) is 28.2 Å². The van der Waals surface area contributed by atoms with E-state index in [1.54, 1.807) is 0 Å². The molecule has 0 aromatic carbocycles. The number of halogens is 1. The van der Waals surface area contributed by atoms with Crippen LogP contribution in [0.2, 0.25) is 0 Å². The van der Waals surface area contributed by atoms with Crippen LogP contribution in [0.1, 0.15) is 19.8 Å². The average Bonchev–Trinajstić information content (AvgIpc) is 1.58. The van der Waals surface area contributed by atoms with E-state index in [4.69, 9.17) is 5.11 Å². The van der Waals surface area contributed by atoms with Crippen LogP contribution in [0.25, 0.3) is 0 Å². The van der Waals surface area contributed by atoms with Gasteiger partial charge >= 0.3 is 0 Å². The molecular formula is C8H21FNO+. The molecule has 2 nitrogen and oxygen atoms in total. The lowest BCUT2D eigenvalue weighted by atomic mass is 10.3. The van der Waals surface area contributed by atoms with E-state index in [-0.39, 0.29) is 6.42 Å². The van der Waals surface area contributed by atoms with Gasteiger partial charge in [-0.15, -0.1) is 0 Å². The van der Waals surface area contributed by atoms with Gasteiger partial charge in [-0.1, -0.05) is 13.3 Å². The lowest BCUT2D eigenvalue weighted by Gasteiger charge is -2.14. The normalized spacial score (nSPS) is 13.4. The maximum Gasteiger partial charge on any atom is 0.196 e. The lowest BCUT2D eigenvalue weighted by molar-refractivity contribution is -0.849. The Hall–Kier alpha value is -0.150. The Morgan fingerprint density at radius 1 is 1.27 bits per heavy atom. The Morgan fingerprint density at radius 3 is 1.55 bits per heavy atom. The van der Waals surface area contributed by atoms with E-state index in [1.807, 2.05) is 6.92 Å². The average molecular weight is 166 g/mol. The van der Waals surface area contributed by atoms with Gasteiger partial charge in [-0.05, 0) is 0 Å². The van der Waals surface area contributed by atoms with Gasteiger partial charge in [0.1, 0.15) is 0 Å². The van der Waals surface area contributed by atoms with Crippen molar-refractivity contribution in [2.45, 2.75) is 26.1 Å². The molecule has 1 atom stereocenters. The Kier molecular flexibility index (Phi) is 8.01. The Morgan fingerprint density at radius 2 is 1.55 bits per heavy atom. The molecule has 0 fully saturated rings. The summed E-state index contributed by atoms with van der Waals surface area (Å²) >= 11 is 0. The summed E-state index contributed by atoms with van der Waals surface area (Å²) in [5, 5.41) is 7.89. The van der Waals surface area contributed by atoms with Gasteiger partial charge in [0.15, 0.2) is 6.36 Å². The molecule has 0 aromatic rings. The first-order chi connectivity index (χ1) is 4.77. The van der Waals surface area contributed by atoms with E-state index in [0.29, 0.717) is 6.42 Å². The predicted molar refractivity (Wildman–Crippen MR) is 46.0 cm³/mol. The minimum Gasteiger partial charge on any atom is -0.364 e. The molecule has 3 heteroatoms. The zero-order chi connectivity index (χ0) is 9.49. The van der Waals surface area contributed by atoms with Crippen LogP contribution in [0, 0.1) is 0 Å². The minimum atomic E-state index is -1.60.